The molecule has 130 valence electrons. The molecule has 0 spiro atoms. The number of imidazole rings is 1. The van der Waals surface area contributed by atoms with Gasteiger partial charge in [-0.3, -0.25) is 10.1 Å². The van der Waals surface area contributed by atoms with E-state index in [2.05, 4.69) is 20.3 Å². The molecule has 3 rings (SSSR count). The number of H-pyrrole nitrogens is 1. The Bertz CT molecular complexity index is 908. The van der Waals surface area contributed by atoms with Crippen molar-refractivity contribution in [3.8, 4) is 0 Å². The minimum Gasteiger partial charge on any atom is -0.398 e. The molecule has 0 saturated carbocycles. The lowest BCUT2D eigenvalue weighted by Crippen LogP contribution is -2.14. The summed E-state index contributed by atoms with van der Waals surface area (Å²) in [5.74, 6) is -0.394. The molecule has 1 amide bonds. The van der Waals surface area contributed by atoms with Crippen LogP contribution in [0.3, 0.4) is 0 Å². The van der Waals surface area contributed by atoms with Crippen molar-refractivity contribution in [2.75, 3.05) is 11.1 Å². The Morgan fingerprint density at radius 2 is 2.20 bits per heavy atom. The number of nitrogen functional groups attached to an aromatic ring is 1. The van der Waals surface area contributed by atoms with Gasteiger partial charge in [-0.15, -0.1) is 11.3 Å². The Labute approximate surface area is 160 Å². The molecular formula is C14H11Cl2N5O2S2. The van der Waals surface area contributed by atoms with Gasteiger partial charge >= 0.3 is 0 Å². The number of aliphatic hydroxyl groups is 1. The van der Waals surface area contributed by atoms with Crippen LogP contribution in [0.25, 0.3) is 0 Å². The van der Waals surface area contributed by atoms with Gasteiger partial charge in [-0.2, -0.15) is 0 Å². The first kappa shape index (κ1) is 18.0. The summed E-state index contributed by atoms with van der Waals surface area (Å²) in [6.45, 7) is -0.186. The Hall–Kier alpha value is -1.78. The number of benzene rings is 1. The number of carbonyl (C=O) groups excluding carboxylic acids is 1. The second-order valence-electron chi connectivity index (χ2n) is 4.75. The van der Waals surface area contributed by atoms with Crippen LogP contribution in [-0.2, 0) is 6.61 Å². The van der Waals surface area contributed by atoms with E-state index in [-0.39, 0.29) is 16.9 Å². The van der Waals surface area contributed by atoms with Crippen molar-refractivity contribution in [1.82, 2.24) is 15.0 Å². The summed E-state index contributed by atoms with van der Waals surface area (Å²) in [6.07, 6.45) is 0. The van der Waals surface area contributed by atoms with Gasteiger partial charge in [0, 0.05) is 16.0 Å². The van der Waals surface area contributed by atoms with E-state index in [0.717, 1.165) is 4.90 Å². The van der Waals surface area contributed by atoms with Crippen LogP contribution < -0.4 is 11.1 Å². The van der Waals surface area contributed by atoms with Crippen molar-refractivity contribution >= 4 is 63.0 Å². The quantitative estimate of drug-likeness (QED) is 0.472. The monoisotopic (exact) mass is 415 g/mol. The van der Waals surface area contributed by atoms with Gasteiger partial charge in [0.15, 0.2) is 15.4 Å². The standard InChI is InChI=1S/C14H11Cl2N5O2S2/c15-10-11(16)20-14(19-10)25-7-1-2-9(17)8(3-7)12(23)21-13-18-6(4-22)5-24-13/h1-3,5,22H,4,17H2,(H,19,20)(H,18,21,23). The zero-order valence-electron chi connectivity index (χ0n) is 12.4. The molecule has 0 radical (unpaired) electrons. The number of aromatic nitrogens is 3. The molecule has 0 fully saturated rings. The number of carbonyl (C=O) groups is 1. The summed E-state index contributed by atoms with van der Waals surface area (Å²) in [5, 5.41) is 14.7. The maximum Gasteiger partial charge on any atom is 0.259 e. The molecule has 2 heterocycles. The number of amides is 1. The van der Waals surface area contributed by atoms with Crippen LogP contribution in [0.15, 0.2) is 33.6 Å². The van der Waals surface area contributed by atoms with Crippen LogP contribution in [0.1, 0.15) is 16.1 Å². The van der Waals surface area contributed by atoms with E-state index in [1.807, 2.05) is 0 Å². The molecule has 0 aliphatic heterocycles. The van der Waals surface area contributed by atoms with E-state index in [0.29, 0.717) is 27.2 Å². The van der Waals surface area contributed by atoms with Crippen molar-refractivity contribution in [2.45, 2.75) is 16.7 Å². The zero-order chi connectivity index (χ0) is 18.0. The molecule has 11 heteroatoms. The highest BCUT2D eigenvalue weighted by molar-refractivity contribution is 7.99. The van der Waals surface area contributed by atoms with Gasteiger partial charge in [0.1, 0.15) is 5.15 Å². The van der Waals surface area contributed by atoms with Crippen molar-refractivity contribution in [1.29, 1.82) is 0 Å². The maximum absolute atomic E-state index is 12.4. The van der Waals surface area contributed by atoms with Gasteiger partial charge in [-0.1, -0.05) is 35.0 Å². The molecule has 0 saturated heterocycles. The van der Waals surface area contributed by atoms with Gasteiger partial charge in [0.25, 0.3) is 5.91 Å². The number of thiazole rings is 1. The van der Waals surface area contributed by atoms with E-state index < -0.39 is 5.91 Å². The molecule has 25 heavy (non-hydrogen) atoms. The second kappa shape index (κ2) is 7.63. The molecular weight excluding hydrogens is 405 g/mol. The number of nitrogens with zero attached hydrogens (tertiary/aromatic N) is 2. The highest BCUT2D eigenvalue weighted by Crippen LogP contribution is 2.31. The summed E-state index contributed by atoms with van der Waals surface area (Å²) in [5.41, 5.74) is 7.02. The summed E-state index contributed by atoms with van der Waals surface area (Å²) >= 11 is 14.1. The number of hydrogen-bond donors (Lipinski definition) is 4. The number of aromatic amines is 1. The van der Waals surface area contributed by atoms with Crippen molar-refractivity contribution in [3.05, 3.63) is 45.1 Å². The fourth-order valence-electron chi connectivity index (χ4n) is 1.87. The number of nitrogens with one attached hydrogen (secondary N) is 2. The van der Waals surface area contributed by atoms with Crippen molar-refractivity contribution in [2.24, 2.45) is 0 Å². The summed E-state index contributed by atoms with van der Waals surface area (Å²) < 4.78 is 0. The molecule has 2 aromatic heterocycles. The van der Waals surface area contributed by atoms with Crippen molar-refractivity contribution < 1.29 is 9.90 Å². The normalized spacial score (nSPS) is 10.8. The second-order valence-corrected chi connectivity index (χ2v) is 7.41. The third-order valence-corrected chi connectivity index (χ3v) is 5.34. The largest absolute Gasteiger partial charge is 0.398 e. The summed E-state index contributed by atoms with van der Waals surface area (Å²) in [4.78, 5) is 24.1. The number of hydrogen-bond acceptors (Lipinski definition) is 7. The summed E-state index contributed by atoms with van der Waals surface area (Å²) in [6, 6.07) is 5.03. The predicted molar refractivity (Wildman–Crippen MR) is 99.6 cm³/mol. The van der Waals surface area contributed by atoms with Crippen LogP contribution in [0.4, 0.5) is 10.8 Å². The van der Waals surface area contributed by atoms with E-state index >= 15 is 0 Å². The predicted octanol–water partition coefficient (Wildman–Crippen LogP) is 3.65. The third kappa shape index (κ3) is 4.25. The fraction of sp³-hybridized carbons (Fsp3) is 0.0714. The summed E-state index contributed by atoms with van der Waals surface area (Å²) in [7, 11) is 0. The number of halogens is 2. The molecule has 0 atom stereocenters. The Morgan fingerprint density at radius 1 is 1.40 bits per heavy atom. The number of anilines is 2. The van der Waals surface area contributed by atoms with Gasteiger partial charge in [0.2, 0.25) is 0 Å². The lowest BCUT2D eigenvalue weighted by Gasteiger charge is -2.07. The lowest BCUT2D eigenvalue weighted by molar-refractivity contribution is 0.102. The Morgan fingerprint density at radius 3 is 2.84 bits per heavy atom. The first-order valence-electron chi connectivity index (χ1n) is 6.81. The van der Waals surface area contributed by atoms with Crippen LogP contribution >= 0.6 is 46.3 Å². The average molecular weight is 416 g/mol. The first-order valence-corrected chi connectivity index (χ1v) is 9.26. The maximum atomic E-state index is 12.4. The van der Waals surface area contributed by atoms with Gasteiger partial charge in [-0.25, -0.2) is 9.97 Å². The Kier molecular flexibility index (Phi) is 5.50. The van der Waals surface area contributed by atoms with E-state index in [4.69, 9.17) is 34.0 Å². The van der Waals surface area contributed by atoms with Crippen LogP contribution in [0.5, 0.6) is 0 Å². The smallest absolute Gasteiger partial charge is 0.259 e. The molecule has 3 aromatic rings. The number of aliphatic hydroxyl groups excluding tert-OH is 1. The molecule has 0 aliphatic rings. The highest BCUT2D eigenvalue weighted by atomic mass is 35.5. The number of rotatable bonds is 5. The minimum absolute atomic E-state index is 0.182. The van der Waals surface area contributed by atoms with Gasteiger partial charge in [0.05, 0.1) is 17.9 Å². The molecule has 0 bridgehead atoms. The molecule has 0 unspecified atom stereocenters. The third-order valence-electron chi connectivity index (χ3n) is 3.02. The Balaban J connectivity index is 1.79. The fourth-order valence-corrected chi connectivity index (χ4v) is 3.76. The van der Waals surface area contributed by atoms with Gasteiger partial charge < -0.3 is 15.8 Å². The van der Waals surface area contributed by atoms with E-state index in [1.54, 1.807) is 23.6 Å². The minimum atomic E-state index is -0.394. The van der Waals surface area contributed by atoms with Crippen LogP contribution in [-0.4, -0.2) is 26.0 Å². The number of nitrogens with two attached hydrogens (primary N) is 1. The topological polar surface area (TPSA) is 117 Å². The molecule has 5 N–H and O–H groups in total. The van der Waals surface area contributed by atoms with Gasteiger partial charge in [-0.05, 0) is 18.2 Å². The molecule has 7 nitrogen and oxygen atoms in total. The molecule has 0 aliphatic carbocycles. The van der Waals surface area contributed by atoms with E-state index in [1.165, 1.54) is 23.1 Å². The van der Waals surface area contributed by atoms with Crippen LogP contribution in [0.2, 0.25) is 10.3 Å². The van der Waals surface area contributed by atoms with Crippen LogP contribution in [0, 0.1) is 0 Å². The van der Waals surface area contributed by atoms with Crippen molar-refractivity contribution in [3.63, 3.8) is 0 Å². The zero-order valence-corrected chi connectivity index (χ0v) is 15.6. The SMILES string of the molecule is Nc1ccc(Sc2nc(Cl)c(Cl)[nH]2)cc1C(=O)Nc1nc(CO)cs1. The molecule has 1 aromatic carbocycles. The average Bonchev–Trinajstić information content (AvgIpc) is 3.15. The lowest BCUT2D eigenvalue weighted by atomic mass is 10.1. The highest BCUT2D eigenvalue weighted by Gasteiger charge is 2.14. The first-order chi connectivity index (χ1) is 12.0. The van der Waals surface area contributed by atoms with E-state index in [9.17, 15) is 4.79 Å².